The average Bonchev–Trinajstić information content (AvgIpc) is 2.83. The van der Waals surface area contributed by atoms with Gasteiger partial charge in [-0.15, -0.1) is 0 Å². The van der Waals surface area contributed by atoms with E-state index in [0.717, 1.165) is 0 Å². The van der Waals surface area contributed by atoms with Gasteiger partial charge in [-0.1, -0.05) is 0 Å². The number of nitrogens with two attached hydrogens (primary N) is 1. The van der Waals surface area contributed by atoms with Crippen molar-refractivity contribution in [2.45, 2.75) is 12.6 Å². The van der Waals surface area contributed by atoms with Gasteiger partial charge >= 0.3 is 0 Å². The Hall–Kier alpha value is -2.09. The first-order valence-electron chi connectivity index (χ1n) is 5.99. The number of anilines is 1. The molecule has 0 bridgehead atoms. The predicted molar refractivity (Wildman–Crippen MR) is 67.0 cm³/mol. The molecule has 2 rings (SSSR count). The minimum atomic E-state index is -0.584. The van der Waals surface area contributed by atoms with Gasteiger partial charge in [0.1, 0.15) is 18.4 Å². The average molecular weight is 267 g/mol. The van der Waals surface area contributed by atoms with E-state index in [1.807, 2.05) is 0 Å². The minimum absolute atomic E-state index is 0.0602. The van der Waals surface area contributed by atoms with Crippen LogP contribution in [0, 0.1) is 0 Å². The Balaban J connectivity index is 2.05. The maximum atomic E-state index is 12.2. The Bertz CT molecular complexity index is 473. The molecule has 2 amide bonds. The highest BCUT2D eigenvalue weighted by Crippen LogP contribution is 2.09. The molecule has 1 saturated heterocycles. The molecule has 1 aliphatic heterocycles. The lowest BCUT2D eigenvalue weighted by Gasteiger charge is -2.34. The number of nitrogens with one attached hydrogen (secondary N) is 1. The van der Waals surface area contributed by atoms with Crippen molar-refractivity contribution in [2.75, 3.05) is 32.5 Å². The van der Waals surface area contributed by atoms with E-state index in [0.29, 0.717) is 19.0 Å². The number of hydrogen-bond acceptors (Lipinski definition) is 5. The van der Waals surface area contributed by atoms with Crippen molar-refractivity contribution >= 4 is 17.6 Å². The lowest BCUT2D eigenvalue weighted by Crippen LogP contribution is -2.56. The van der Waals surface area contributed by atoms with Gasteiger partial charge in [0.05, 0.1) is 13.2 Å². The Morgan fingerprint density at radius 2 is 2.42 bits per heavy atom. The fourth-order valence-corrected chi connectivity index (χ4v) is 1.98. The highest BCUT2D eigenvalue weighted by atomic mass is 16.5. The molecule has 1 atom stereocenters. The van der Waals surface area contributed by atoms with Crippen molar-refractivity contribution in [3.05, 3.63) is 12.3 Å². The summed E-state index contributed by atoms with van der Waals surface area (Å²) in [5, 5.41) is 6.48. The summed E-state index contributed by atoms with van der Waals surface area (Å²) in [5.41, 5.74) is 5.49. The number of ether oxygens (including phenoxy) is 1. The zero-order chi connectivity index (χ0) is 13.8. The summed E-state index contributed by atoms with van der Waals surface area (Å²) >= 11 is 0. The highest BCUT2D eigenvalue weighted by Gasteiger charge is 2.32. The molecule has 0 saturated carbocycles. The van der Waals surface area contributed by atoms with Crippen molar-refractivity contribution in [2.24, 2.45) is 0 Å². The number of carbonyl (C=O) groups excluding carboxylic acids is 2. The number of morpholine rings is 1. The minimum Gasteiger partial charge on any atom is -0.382 e. The molecule has 0 aromatic carbocycles. The van der Waals surface area contributed by atoms with Gasteiger partial charge in [0.2, 0.25) is 11.8 Å². The molecule has 0 radical (unpaired) electrons. The van der Waals surface area contributed by atoms with E-state index >= 15 is 0 Å². The molecular formula is C11H17N5O3. The zero-order valence-corrected chi connectivity index (χ0v) is 10.7. The van der Waals surface area contributed by atoms with E-state index in [9.17, 15) is 9.59 Å². The molecule has 1 aromatic heterocycles. The maximum Gasteiger partial charge on any atom is 0.245 e. The molecule has 19 heavy (non-hydrogen) atoms. The Kier molecular flexibility index (Phi) is 4.00. The number of rotatable bonds is 3. The van der Waals surface area contributed by atoms with E-state index in [1.54, 1.807) is 12.3 Å². The van der Waals surface area contributed by atoms with Crippen LogP contribution in [0.3, 0.4) is 0 Å². The lowest BCUT2D eigenvalue weighted by atomic mass is 10.2. The zero-order valence-electron chi connectivity index (χ0n) is 10.7. The van der Waals surface area contributed by atoms with Crippen molar-refractivity contribution in [1.29, 1.82) is 0 Å². The van der Waals surface area contributed by atoms with Crippen LogP contribution in [-0.2, 0) is 20.9 Å². The first kappa shape index (κ1) is 13.3. The summed E-state index contributed by atoms with van der Waals surface area (Å²) in [6.07, 6.45) is 1.63. The van der Waals surface area contributed by atoms with Crippen LogP contribution in [0.4, 0.5) is 5.82 Å². The molecule has 8 nitrogen and oxygen atoms in total. The second-order valence-electron chi connectivity index (χ2n) is 4.23. The first-order chi connectivity index (χ1) is 9.11. The third-order valence-corrected chi connectivity index (χ3v) is 2.96. The normalized spacial score (nSPS) is 19.2. The van der Waals surface area contributed by atoms with Crippen LogP contribution in [0.15, 0.2) is 12.3 Å². The van der Waals surface area contributed by atoms with Crippen molar-refractivity contribution < 1.29 is 14.3 Å². The van der Waals surface area contributed by atoms with Crippen molar-refractivity contribution in [3.8, 4) is 0 Å². The lowest BCUT2D eigenvalue weighted by molar-refractivity contribution is -0.148. The van der Waals surface area contributed by atoms with Crippen molar-refractivity contribution in [3.63, 3.8) is 0 Å². The summed E-state index contributed by atoms with van der Waals surface area (Å²) < 4.78 is 6.70. The molecule has 3 N–H and O–H groups in total. The standard InChI is InChI=1S/C11H17N5O3/c1-13-11(18)8-7-19-5-4-16(8)10(17)6-15-3-2-9(12)14-15/h2-3,8H,4-7H2,1H3,(H2,12,14)(H,13,18). The number of nitrogens with zero attached hydrogens (tertiary/aromatic N) is 3. The smallest absolute Gasteiger partial charge is 0.245 e. The molecule has 0 spiro atoms. The topological polar surface area (TPSA) is 102 Å². The van der Waals surface area contributed by atoms with E-state index in [4.69, 9.17) is 10.5 Å². The van der Waals surface area contributed by atoms with Crippen LogP contribution < -0.4 is 11.1 Å². The Labute approximate surface area is 110 Å². The Morgan fingerprint density at radius 1 is 1.63 bits per heavy atom. The SMILES string of the molecule is CNC(=O)C1COCCN1C(=O)Cn1ccc(N)n1. The monoisotopic (exact) mass is 267 g/mol. The predicted octanol–water partition coefficient (Wildman–Crippen LogP) is -1.56. The molecule has 8 heteroatoms. The summed E-state index contributed by atoms with van der Waals surface area (Å²) in [6, 6.07) is 1.03. The van der Waals surface area contributed by atoms with Crippen LogP contribution in [-0.4, -0.2) is 59.3 Å². The molecule has 1 unspecified atom stereocenters. The Morgan fingerprint density at radius 3 is 3.05 bits per heavy atom. The quantitative estimate of drug-likeness (QED) is 0.689. The van der Waals surface area contributed by atoms with Gasteiger partial charge in [-0.25, -0.2) is 0 Å². The van der Waals surface area contributed by atoms with Gasteiger partial charge < -0.3 is 20.7 Å². The van der Waals surface area contributed by atoms with Crippen LogP contribution >= 0.6 is 0 Å². The molecule has 104 valence electrons. The molecule has 0 aliphatic carbocycles. The maximum absolute atomic E-state index is 12.2. The van der Waals surface area contributed by atoms with Gasteiger partial charge in [-0.2, -0.15) is 5.10 Å². The van der Waals surface area contributed by atoms with E-state index in [1.165, 1.54) is 16.6 Å². The van der Waals surface area contributed by atoms with E-state index in [-0.39, 0.29) is 25.0 Å². The fraction of sp³-hybridized carbons (Fsp3) is 0.545. The van der Waals surface area contributed by atoms with Crippen molar-refractivity contribution in [1.82, 2.24) is 20.0 Å². The third kappa shape index (κ3) is 3.02. The third-order valence-electron chi connectivity index (χ3n) is 2.96. The largest absolute Gasteiger partial charge is 0.382 e. The van der Waals surface area contributed by atoms with E-state index < -0.39 is 6.04 Å². The highest BCUT2D eigenvalue weighted by molar-refractivity contribution is 5.87. The first-order valence-corrected chi connectivity index (χ1v) is 5.99. The molecule has 1 aliphatic rings. The molecular weight excluding hydrogens is 250 g/mol. The van der Waals surface area contributed by atoms with Gasteiger partial charge in [0.25, 0.3) is 0 Å². The summed E-state index contributed by atoms with van der Waals surface area (Å²) in [7, 11) is 1.54. The van der Waals surface area contributed by atoms with Gasteiger partial charge in [-0.3, -0.25) is 14.3 Å². The molecule has 2 heterocycles. The van der Waals surface area contributed by atoms with Gasteiger partial charge in [0.15, 0.2) is 0 Å². The number of likely N-dealkylation sites (N-methyl/N-ethyl adjacent to an activating group) is 1. The second-order valence-corrected chi connectivity index (χ2v) is 4.23. The number of amides is 2. The van der Waals surface area contributed by atoms with Gasteiger partial charge in [-0.05, 0) is 6.07 Å². The molecule has 1 fully saturated rings. The second kappa shape index (κ2) is 5.70. The van der Waals surface area contributed by atoms with Crippen LogP contribution in [0.2, 0.25) is 0 Å². The number of nitrogen functional groups attached to an aromatic ring is 1. The summed E-state index contributed by atoms with van der Waals surface area (Å²) in [6.45, 7) is 1.10. The van der Waals surface area contributed by atoms with Gasteiger partial charge in [0, 0.05) is 19.8 Å². The number of carbonyl (C=O) groups is 2. The number of hydrogen-bond donors (Lipinski definition) is 2. The summed E-state index contributed by atoms with van der Waals surface area (Å²) in [4.78, 5) is 25.4. The van der Waals surface area contributed by atoms with Crippen LogP contribution in [0.5, 0.6) is 0 Å². The summed E-state index contributed by atoms with van der Waals surface area (Å²) in [5.74, 6) is -0.0503. The number of aromatic nitrogens is 2. The molecule has 1 aromatic rings. The fourth-order valence-electron chi connectivity index (χ4n) is 1.98. The van der Waals surface area contributed by atoms with Crippen LogP contribution in [0.25, 0.3) is 0 Å². The van der Waals surface area contributed by atoms with E-state index in [2.05, 4.69) is 10.4 Å². The van der Waals surface area contributed by atoms with Crippen LogP contribution in [0.1, 0.15) is 0 Å².